The van der Waals surface area contributed by atoms with Crippen LogP contribution in [0, 0.1) is 17.2 Å². The molecule has 1 N–H and O–H groups in total. The summed E-state index contributed by atoms with van der Waals surface area (Å²) in [4.78, 5) is 24.9. The molecule has 7 nitrogen and oxygen atoms in total. The van der Waals surface area contributed by atoms with Crippen LogP contribution in [0.4, 0.5) is 0 Å². The molecule has 1 saturated heterocycles. The van der Waals surface area contributed by atoms with Gasteiger partial charge in [0.05, 0.1) is 26.2 Å². The highest BCUT2D eigenvalue weighted by atomic mass is 16.5. The van der Waals surface area contributed by atoms with Crippen LogP contribution in [0.1, 0.15) is 17.5 Å². The molecule has 7 heteroatoms. The van der Waals surface area contributed by atoms with Crippen molar-refractivity contribution >= 4 is 11.8 Å². The van der Waals surface area contributed by atoms with Gasteiger partial charge in [-0.15, -0.1) is 0 Å². The first-order valence-electron chi connectivity index (χ1n) is 8.02. The smallest absolute Gasteiger partial charge is 0.296 e. The van der Waals surface area contributed by atoms with E-state index in [2.05, 4.69) is 5.32 Å². The van der Waals surface area contributed by atoms with Gasteiger partial charge in [-0.05, 0) is 17.7 Å². The number of piperidine rings is 1. The number of hydrogen-bond acceptors (Lipinski definition) is 5. The Morgan fingerprint density at radius 1 is 1.04 bits per heavy atom. The average molecular weight is 352 g/mol. The third kappa shape index (κ3) is 2.97. The molecule has 0 saturated carbocycles. The number of imide groups is 1. The second-order valence-electron chi connectivity index (χ2n) is 5.87. The van der Waals surface area contributed by atoms with Gasteiger partial charge in [0.15, 0.2) is 23.9 Å². The summed E-state index contributed by atoms with van der Waals surface area (Å²) in [6, 6.07) is 11.9. The number of carbonyl (C=O) groups is 2. The molecule has 3 rings (SSSR count). The quantitative estimate of drug-likeness (QED) is 0.657. The second-order valence-corrected chi connectivity index (χ2v) is 5.87. The Balaban J connectivity index is 2.16. The lowest BCUT2D eigenvalue weighted by atomic mass is 9.77. The van der Waals surface area contributed by atoms with Gasteiger partial charge < -0.3 is 9.47 Å². The molecule has 1 aliphatic heterocycles. The van der Waals surface area contributed by atoms with E-state index >= 15 is 0 Å². The first-order valence-corrected chi connectivity index (χ1v) is 8.02. The van der Waals surface area contributed by atoms with Crippen molar-refractivity contribution in [3.8, 4) is 17.6 Å². The SMILES string of the molecule is COc1ccc(C2C(C#N)C(=O)NC(=O)C2[n+]2ccccc2)cc1OC. The number of nitrogens with one attached hydrogen (secondary N) is 1. The van der Waals surface area contributed by atoms with Crippen LogP contribution in [0.25, 0.3) is 0 Å². The highest BCUT2D eigenvalue weighted by Crippen LogP contribution is 2.39. The van der Waals surface area contributed by atoms with E-state index in [9.17, 15) is 14.9 Å². The summed E-state index contributed by atoms with van der Waals surface area (Å²) in [6.07, 6.45) is 3.48. The summed E-state index contributed by atoms with van der Waals surface area (Å²) in [5.41, 5.74) is 0.652. The number of hydrogen-bond donors (Lipinski definition) is 1. The lowest BCUT2D eigenvalue weighted by Crippen LogP contribution is -2.59. The van der Waals surface area contributed by atoms with Crippen LogP contribution in [0.5, 0.6) is 11.5 Å². The summed E-state index contributed by atoms with van der Waals surface area (Å²) in [6.45, 7) is 0. The number of amides is 2. The summed E-state index contributed by atoms with van der Waals surface area (Å²) in [7, 11) is 3.03. The van der Waals surface area contributed by atoms with Crippen molar-refractivity contribution in [3.05, 3.63) is 54.4 Å². The third-order valence-electron chi connectivity index (χ3n) is 4.49. The molecular weight excluding hydrogens is 334 g/mol. The Hall–Kier alpha value is -3.40. The predicted molar refractivity (Wildman–Crippen MR) is 90.2 cm³/mol. The molecule has 1 aromatic carbocycles. The maximum atomic E-state index is 12.6. The van der Waals surface area contributed by atoms with Gasteiger partial charge >= 0.3 is 0 Å². The van der Waals surface area contributed by atoms with Crippen molar-refractivity contribution in [2.24, 2.45) is 5.92 Å². The molecule has 1 fully saturated rings. The molecule has 3 atom stereocenters. The fourth-order valence-corrected chi connectivity index (χ4v) is 3.27. The number of methoxy groups -OCH3 is 2. The van der Waals surface area contributed by atoms with Crippen LogP contribution in [-0.4, -0.2) is 26.0 Å². The van der Waals surface area contributed by atoms with Crippen LogP contribution < -0.4 is 19.4 Å². The third-order valence-corrected chi connectivity index (χ3v) is 4.49. The van der Waals surface area contributed by atoms with Crippen molar-refractivity contribution in [1.82, 2.24) is 5.32 Å². The fourth-order valence-electron chi connectivity index (χ4n) is 3.27. The molecule has 2 aromatic rings. The van der Waals surface area contributed by atoms with E-state index in [0.29, 0.717) is 17.1 Å². The van der Waals surface area contributed by atoms with Crippen LogP contribution in [0.3, 0.4) is 0 Å². The van der Waals surface area contributed by atoms with Crippen molar-refractivity contribution < 1.29 is 23.6 Å². The van der Waals surface area contributed by atoms with Gasteiger partial charge in [-0.3, -0.25) is 14.9 Å². The first-order chi connectivity index (χ1) is 12.6. The number of rotatable bonds is 4. The number of carbonyl (C=O) groups excluding carboxylic acids is 2. The lowest BCUT2D eigenvalue weighted by molar-refractivity contribution is -0.713. The topological polar surface area (TPSA) is 92.3 Å². The largest absolute Gasteiger partial charge is 0.493 e. The van der Waals surface area contributed by atoms with Crippen LogP contribution in [-0.2, 0) is 9.59 Å². The minimum absolute atomic E-state index is 0.447. The maximum absolute atomic E-state index is 12.6. The number of nitrogens with zero attached hydrogens (tertiary/aromatic N) is 2. The minimum atomic E-state index is -1.01. The van der Waals surface area contributed by atoms with E-state index in [0.717, 1.165) is 0 Å². The zero-order chi connectivity index (χ0) is 18.7. The Kier molecular flexibility index (Phi) is 4.85. The molecule has 2 amide bonds. The number of nitriles is 1. The highest BCUT2D eigenvalue weighted by molar-refractivity contribution is 6.02. The zero-order valence-electron chi connectivity index (χ0n) is 14.4. The molecule has 0 radical (unpaired) electrons. The number of benzene rings is 1. The molecule has 1 aromatic heterocycles. The Morgan fingerprint density at radius 3 is 2.35 bits per heavy atom. The van der Waals surface area contributed by atoms with E-state index in [1.54, 1.807) is 47.3 Å². The molecule has 2 heterocycles. The molecule has 1 aliphatic rings. The van der Waals surface area contributed by atoms with Gasteiger partial charge in [0, 0.05) is 12.1 Å². The molecular formula is C19H18N3O4+. The van der Waals surface area contributed by atoms with Gasteiger partial charge in [-0.1, -0.05) is 12.1 Å². The van der Waals surface area contributed by atoms with E-state index < -0.39 is 29.7 Å². The molecule has 132 valence electrons. The zero-order valence-corrected chi connectivity index (χ0v) is 14.4. The maximum Gasteiger partial charge on any atom is 0.296 e. The first kappa shape index (κ1) is 17.4. The minimum Gasteiger partial charge on any atom is -0.493 e. The molecule has 0 aliphatic carbocycles. The highest BCUT2D eigenvalue weighted by Gasteiger charge is 2.50. The molecule has 0 bridgehead atoms. The molecule has 0 spiro atoms. The fraction of sp³-hybridized carbons (Fsp3) is 0.263. The Labute approximate surface area is 150 Å². The standard InChI is InChI=1S/C19H17N3O4/c1-25-14-7-6-12(10-15(14)26-2)16-13(11-20)18(23)21-19(24)17(16)22-8-4-3-5-9-22/h3-10,13,16-17H,1-2H3/p+1. The summed E-state index contributed by atoms with van der Waals surface area (Å²) in [5, 5.41) is 11.9. The Morgan fingerprint density at radius 2 is 1.73 bits per heavy atom. The monoisotopic (exact) mass is 352 g/mol. The van der Waals surface area contributed by atoms with Gasteiger partial charge in [-0.25, -0.2) is 0 Å². The van der Waals surface area contributed by atoms with E-state index in [4.69, 9.17) is 9.47 Å². The van der Waals surface area contributed by atoms with Gasteiger partial charge in [-0.2, -0.15) is 9.83 Å². The van der Waals surface area contributed by atoms with Crippen molar-refractivity contribution in [1.29, 1.82) is 5.26 Å². The van der Waals surface area contributed by atoms with E-state index in [1.165, 1.54) is 14.2 Å². The van der Waals surface area contributed by atoms with Gasteiger partial charge in [0.25, 0.3) is 5.91 Å². The van der Waals surface area contributed by atoms with Crippen LogP contribution >= 0.6 is 0 Å². The number of pyridine rings is 1. The summed E-state index contributed by atoms with van der Waals surface area (Å²) >= 11 is 0. The van der Waals surface area contributed by atoms with Crippen molar-refractivity contribution in [2.45, 2.75) is 12.0 Å². The summed E-state index contributed by atoms with van der Waals surface area (Å²) < 4.78 is 12.3. The van der Waals surface area contributed by atoms with Gasteiger partial charge in [0.2, 0.25) is 11.9 Å². The van der Waals surface area contributed by atoms with Crippen molar-refractivity contribution in [3.63, 3.8) is 0 Å². The summed E-state index contributed by atoms with van der Waals surface area (Å²) in [5.74, 6) is -1.71. The second kappa shape index (κ2) is 7.23. The molecule has 3 unspecified atom stereocenters. The number of ether oxygens (including phenoxy) is 2. The van der Waals surface area contributed by atoms with E-state index in [1.807, 2.05) is 12.1 Å². The predicted octanol–water partition coefficient (Wildman–Crippen LogP) is 1.11. The molecule has 26 heavy (non-hydrogen) atoms. The average Bonchev–Trinajstić information content (AvgIpc) is 2.67. The van der Waals surface area contributed by atoms with Crippen molar-refractivity contribution in [2.75, 3.05) is 14.2 Å². The van der Waals surface area contributed by atoms with Crippen LogP contribution in [0.2, 0.25) is 0 Å². The lowest BCUT2D eigenvalue weighted by Gasteiger charge is -2.30. The Bertz CT molecular complexity index is 876. The number of aromatic nitrogens is 1. The van der Waals surface area contributed by atoms with Crippen LogP contribution in [0.15, 0.2) is 48.8 Å². The normalized spacial score (nSPS) is 22.3. The van der Waals surface area contributed by atoms with E-state index in [-0.39, 0.29) is 0 Å². The van der Waals surface area contributed by atoms with Gasteiger partial charge in [0.1, 0.15) is 5.92 Å².